The second kappa shape index (κ2) is 7.32. The van der Waals surface area contributed by atoms with Crippen LogP contribution < -0.4 is 0 Å². The number of carboxylic acids is 1. The van der Waals surface area contributed by atoms with Crippen LogP contribution in [0.5, 0.6) is 0 Å². The van der Waals surface area contributed by atoms with E-state index in [1.807, 2.05) is 17.0 Å². The number of hydrogen-bond acceptors (Lipinski definition) is 2. The van der Waals surface area contributed by atoms with Crippen molar-refractivity contribution in [2.75, 3.05) is 13.1 Å². The second-order valence-electron chi connectivity index (χ2n) is 7.11. The van der Waals surface area contributed by atoms with E-state index in [1.54, 1.807) is 6.07 Å². The van der Waals surface area contributed by atoms with E-state index in [4.69, 9.17) is 5.11 Å². The number of nitrogens with zero attached hydrogens (tertiary/aromatic N) is 1. The van der Waals surface area contributed by atoms with Gasteiger partial charge >= 0.3 is 5.97 Å². The third-order valence-corrected chi connectivity index (χ3v) is 5.52. The van der Waals surface area contributed by atoms with Crippen LogP contribution in [0.1, 0.15) is 37.7 Å². The van der Waals surface area contributed by atoms with Gasteiger partial charge in [0.15, 0.2) is 0 Å². The van der Waals surface area contributed by atoms with E-state index in [-0.39, 0.29) is 23.6 Å². The molecule has 1 aromatic rings. The highest BCUT2D eigenvalue weighted by molar-refractivity contribution is 5.81. The van der Waals surface area contributed by atoms with Crippen LogP contribution in [0.4, 0.5) is 4.39 Å². The first-order valence-electron chi connectivity index (χ1n) is 8.79. The lowest BCUT2D eigenvalue weighted by Gasteiger charge is -2.33. The molecule has 1 aliphatic heterocycles. The molecule has 4 nitrogen and oxygen atoms in total. The molecule has 2 fully saturated rings. The number of carbonyl (C=O) groups excluding carboxylic acids is 1. The van der Waals surface area contributed by atoms with Crippen LogP contribution in [0.2, 0.25) is 0 Å². The largest absolute Gasteiger partial charge is 0.481 e. The molecule has 5 heteroatoms. The van der Waals surface area contributed by atoms with Gasteiger partial charge in [0.05, 0.1) is 5.92 Å². The normalized spacial score (nSPS) is 25.0. The highest BCUT2D eigenvalue weighted by Gasteiger charge is 2.36. The smallest absolute Gasteiger partial charge is 0.306 e. The van der Waals surface area contributed by atoms with E-state index >= 15 is 0 Å². The summed E-state index contributed by atoms with van der Waals surface area (Å²) in [6.45, 7) is 1.40. The fourth-order valence-electron chi connectivity index (χ4n) is 4.02. The van der Waals surface area contributed by atoms with Gasteiger partial charge in [-0.25, -0.2) is 4.39 Å². The highest BCUT2D eigenvalue weighted by Crippen LogP contribution is 2.33. The summed E-state index contributed by atoms with van der Waals surface area (Å²) in [5.41, 5.74) is 0.752. The first-order valence-corrected chi connectivity index (χ1v) is 8.79. The topological polar surface area (TPSA) is 57.6 Å². The first kappa shape index (κ1) is 16.9. The lowest BCUT2D eigenvalue weighted by atomic mass is 9.89. The van der Waals surface area contributed by atoms with Gasteiger partial charge in [-0.3, -0.25) is 9.59 Å². The van der Waals surface area contributed by atoms with E-state index in [1.165, 1.54) is 6.07 Å². The maximum Gasteiger partial charge on any atom is 0.306 e. The molecule has 0 aromatic heterocycles. The molecule has 1 aliphatic carbocycles. The summed E-state index contributed by atoms with van der Waals surface area (Å²) in [6, 6.07) is 6.88. The quantitative estimate of drug-likeness (QED) is 0.921. The molecule has 3 rings (SSSR count). The van der Waals surface area contributed by atoms with Crippen LogP contribution in [0.15, 0.2) is 24.3 Å². The standard InChI is InChI=1S/C19H24FNO3/c20-17-4-2-1-3-14(17)11-13-7-9-21(10-8-13)18(22)15-5-6-16(12-15)19(23)24/h1-4,13,15-16H,5-12H2,(H,23,24)/t15-,16+/m0/s1. The van der Waals surface area contributed by atoms with E-state index in [9.17, 15) is 14.0 Å². The van der Waals surface area contributed by atoms with Crippen LogP contribution in [0, 0.1) is 23.6 Å². The molecule has 130 valence electrons. The van der Waals surface area contributed by atoms with Crippen LogP contribution in [-0.4, -0.2) is 35.0 Å². The van der Waals surface area contributed by atoms with Crippen LogP contribution in [-0.2, 0) is 16.0 Å². The fourth-order valence-corrected chi connectivity index (χ4v) is 4.02. The summed E-state index contributed by atoms with van der Waals surface area (Å²) < 4.78 is 13.7. The number of benzene rings is 1. The average Bonchev–Trinajstić information content (AvgIpc) is 3.07. The number of rotatable bonds is 4. The molecule has 2 aliphatic rings. The van der Waals surface area contributed by atoms with Crippen LogP contribution in [0.3, 0.4) is 0 Å². The van der Waals surface area contributed by atoms with Crippen LogP contribution in [0.25, 0.3) is 0 Å². The summed E-state index contributed by atoms with van der Waals surface area (Å²) in [4.78, 5) is 25.5. The highest BCUT2D eigenvalue weighted by atomic mass is 19.1. The Morgan fingerprint density at radius 2 is 1.75 bits per heavy atom. The number of halogens is 1. The minimum absolute atomic E-state index is 0.114. The monoisotopic (exact) mass is 333 g/mol. The molecule has 1 saturated heterocycles. The van der Waals surface area contributed by atoms with E-state index in [0.29, 0.717) is 38.3 Å². The van der Waals surface area contributed by atoms with Gasteiger partial charge in [-0.05, 0) is 56.1 Å². The van der Waals surface area contributed by atoms with E-state index < -0.39 is 5.97 Å². The molecule has 24 heavy (non-hydrogen) atoms. The third-order valence-electron chi connectivity index (χ3n) is 5.52. The Morgan fingerprint density at radius 1 is 1.08 bits per heavy atom. The molecule has 1 heterocycles. The Hall–Kier alpha value is -1.91. The molecule has 0 unspecified atom stereocenters. The Kier molecular flexibility index (Phi) is 5.17. The Labute approximate surface area is 141 Å². The number of hydrogen-bond donors (Lipinski definition) is 1. The molecule has 0 radical (unpaired) electrons. The molecule has 1 amide bonds. The molecular formula is C19H24FNO3. The van der Waals surface area contributed by atoms with Gasteiger partial charge in [0, 0.05) is 19.0 Å². The summed E-state index contributed by atoms with van der Waals surface area (Å²) in [5.74, 6) is -0.910. The molecule has 2 atom stereocenters. The van der Waals surface area contributed by atoms with Gasteiger partial charge in [-0.2, -0.15) is 0 Å². The van der Waals surface area contributed by atoms with Crippen LogP contribution >= 0.6 is 0 Å². The third kappa shape index (κ3) is 3.77. The first-order chi connectivity index (χ1) is 11.5. The zero-order valence-electron chi connectivity index (χ0n) is 13.8. The zero-order valence-corrected chi connectivity index (χ0v) is 13.8. The van der Waals surface area contributed by atoms with Gasteiger partial charge < -0.3 is 10.0 Å². The molecular weight excluding hydrogens is 309 g/mol. The van der Waals surface area contributed by atoms with Crippen molar-refractivity contribution in [3.05, 3.63) is 35.6 Å². The number of aliphatic carboxylic acids is 1. The summed E-state index contributed by atoms with van der Waals surface area (Å²) in [5, 5.41) is 9.06. The maximum atomic E-state index is 13.7. The van der Waals surface area contributed by atoms with Crippen molar-refractivity contribution in [1.82, 2.24) is 4.90 Å². The average molecular weight is 333 g/mol. The number of amides is 1. The zero-order chi connectivity index (χ0) is 17.1. The van der Waals surface area contributed by atoms with Crippen molar-refractivity contribution in [3.63, 3.8) is 0 Å². The Bertz CT molecular complexity index is 610. The minimum atomic E-state index is -0.783. The fraction of sp³-hybridized carbons (Fsp3) is 0.579. The molecule has 0 spiro atoms. The summed E-state index contributed by atoms with van der Waals surface area (Å²) in [7, 11) is 0. The SMILES string of the molecule is O=C(O)[C@@H]1CC[C@H](C(=O)N2CCC(Cc3ccccc3F)CC2)C1. The number of piperidine rings is 1. The van der Waals surface area contributed by atoms with E-state index in [0.717, 1.165) is 24.8 Å². The lowest BCUT2D eigenvalue weighted by Crippen LogP contribution is -2.41. The van der Waals surface area contributed by atoms with E-state index in [2.05, 4.69) is 0 Å². The van der Waals surface area contributed by atoms with Crippen molar-refractivity contribution < 1.29 is 19.1 Å². The van der Waals surface area contributed by atoms with Crippen molar-refractivity contribution in [2.24, 2.45) is 17.8 Å². The van der Waals surface area contributed by atoms with Crippen molar-refractivity contribution in [1.29, 1.82) is 0 Å². The maximum absolute atomic E-state index is 13.7. The number of carboxylic acid groups (broad SMARTS) is 1. The number of carbonyl (C=O) groups is 2. The minimum Gasteiger partial charge on any atom is -0.481 e. The Morgan fingerprint density at radius 3 is 2.38 bits per heavy atom. The van der Waals surface area contributed by atoms with Gasteiger partial charge in [-0.15, -0.1) is 0 Å². The van der Waals surface area contributed by atoms with Crippen molar-refractivity contribution in [2.45, 2.75) is 38.5 Å². The van der Waals surface area contributed by atoms with Crippen molar-refractivity contribution >= 4 is 11.9 Å². The molecule has 1 N–H and O–H groups in total. The predicted octanol–water partition coefficient (Wildman–Crippen LogP) is 3.11. The van der Waals surface area contributed by atoms with Crippen molar-refractivity contribution in [3.8, 4) is 0 Å². The predicted molar refractivity (Wildman–Crippen MR) is 87.9 cm³/mol. The van der Waals surface area contributed by atoms with Gasteiger partial charge in [-0.1, -0.05) is 18.2 Å². The molecule has 0 bridgehead atoms. The molecule has 1 saturated carbocycles. The summed E-state index contributed by atoms with van der Waals surface area (Å²) >= 11 is 0. The second-order valence-corrected chi connectivity index (χ2v) is 7.11. The Balaban J connectivity index is 1.49. The number of likely N-dealkylation sites (tertiary alicyclic amines) is 1. The summed E-state index contributed by atoms with van der Waals surface area (Å²) in [6.07, 6.45) is 4.26. The lowest BCUT2D eigenvalue weighted by molar-refractivity contribution is -0.141. The van der Waals surface area contributed by atoms with Gasteiger partial charge in [0.2, 0.25) is 5.91 Å². The van der Waals surface area contributed by atoms with Gasteiger partial charge in [0.1, 0.15) is 5.82 Å². The van der Waals surface area contributed by atoms with Gasteiger partial charge in [0.25, 0.3) is 0 Å². The molecule has 1 aromatic carbocycles.